The Balaban J connectivity index is 1.48. The van der Waals surface area contributed by atoms with E-state index in [0.717, 1.165) is 17.5 Å². The first-order valence-electron chi connectivity index (χ1n) is 17.9. The number of carbonyl (C=O) groups excluding carboxylic acids is 3. The normalized spacial score (nSPS) is 12.5. The zero-order valence-corrected chi connectivity index (χ0v) is 32.6. The highest BCUT2D eigenvalue weighted by atomic mass is 19.1. The number of benzene rings is 1. The summed E-state index contributed by atoms with van der Waals surface area (Å²) >= 11 is 0. The first kappa shape index (κ1) is 39.7. The fourth-order valence-electron chi connectivity index (χ4n) is 6.24. The number of rotatable bonds is 12. The van der Waals surface area contributed by atoms with Crippen LogP contribution in [0.4, 0.5) is 9.18 Å². The Morgan fingerprint density at radius 1 is 0.907 bits per heavy atom. The van der Waals surface area contributed by atoms with Gasteiger partial charge in [0.15, 0.2) is 5.82 Å². The maximum Gasteiger partial charge on any atom is 0.408 e. The topological polar surface area (TPSA) is 149 Å². The number of fused-ring (bicyclic) bond motifs is 2. The van der Waals surface area contributed by atoms with Gasteiger partial charge in [0.25, 0.3) is 0 Å². The average molecular weight is 745 g/mol. The molecule has 1 atom stereocenters. The Morgan fingerprint density at radius 2 is 1.63 bits per heavy atom. The van der Waals surface area contributed by atoms with Gasteiger partial charge in [0.2, 0.25) is 0 Å². The minimum atomic E-state index is -0.779. The molecular formula is C40H49FN6O7. The molecule has 0 unspecified atom stereocenters. The molecule has 0 aliphatic heterocycles. The minimum Gasteiger partial charge on any atom is -0.494 e. The molecule has 1 N–H and O–H groups in total. The molecule has 4 aromatic heterocycles. The van der Waals surface area contributed by atoms with E-state index in [1.54, 1.807) is 53.7 Å². The summed E-state index contributed by atoms with van der Waals surface area (Å²) in [6.07, 6.45) is 3.25. The van der Waals surface area contributed by atoms with Crippen LogP contribution >= 0.6 is 0 Å². The largest absolute Gasteiger partial charge is 0.494 e. The molecule has 0 bridgehead atoms. The van der Waals surface area contributed by atoms with Crippen LogP contribution in [0, 0.1) is 5.82 Å². The van der Waals surface area contributed by atoms with Gasteiger partial charge in [0.1, 0.15) is 39.5 Å². The van der Waals surface area contributed by atoms with Crippen molar-refractivity contribution in [2.45, 2.75) is 97.9 Å². The van der Waals surface area contributed by atoms with E-state index in [4.69, 9.17) is 28.9 Å². The monoisotopic (exact) mass is 744 g/mol. The summed E-state index contributed by atoms with van der Waals surface area (Å²) in [6, 6.07) is 9.85. The number of aromatic nitrogens is 5. The number of pyridine rings is 2. The third kappa shape index (κ3) is 8.97. The molecule has 288 valence electrons. The van der Waals surface area contributed by atoms with Gasteiger partial charge in [-0.05, 0) is 104 Å². The lowest BCUT2D eigenvalue weighted by Gasteiger charge is -2.22. The van der Waals surface area contributed by atoms with Crippen LogP contribution in [0.1, 0.15) is 106 Å². The minimum absolute atomic E-state index is 0.135. The number of amides is 1. The van der Waals surface area contributed by atoms with E-state index in [2.05, 4.69) is 14.9 Å². The van der Waals surface area contributed by atoms with Crippen molar-refractivity contribution in [2.24, 2.45) is 7.05 Å². The highest BCUT2D eigenvalue weighted by Gasteiger charge is 2.26. The molecule has 5 rings (SSSR count). The molecule has 0 aliphatic carbocycles. The van der Waals surface area contributed by atoms with Crippen molar-refractivity contribution in [1.82, 2.24) is 29.4 Å². The Labute approximate surface area is 314 Å². The van der Waals surface area contributed by atoms with Gasteiger partial charge in [-0.25, -0.2) is 28.7 Å². The van der Waals surface area contributed by atoms with Crippen LogP contribution < -0.4 is 10.1 Å². The number of nitrogens with zero attached hydrogens (tertiary/aromatic N) is 5. The number of hydrogen-bond acceptors (Lipinski definition) is 10. The number of hydrogen-bond donors (Lipinski definition) is 1. The molecule has 54 heavy (non-hydrogen) atoms. The van der Waals surface area contributed by atoms with Crippen LogP contribution in [-0.4, -0.2) is 67.5 Å². The standard InChI is InChI=1S/C40H49FN6O7/c1-23(43-38(50)54-40(5,6)7)27-16-15-24-21-30(35-45-29-20-25(36(48)52-10)22-31(51-9)33(29)46(35)8)47(34(24)44-27)19-13-11-12-14-28-32(26(41)17-18-42-28)37(49)53-39(2,3)4/h15-18,20-23H,11-14,19H2,1-10H3,(H,43,50)/t23-/m1/s1. The smallest absolute Gasteiger partial charge is 0.408 e. The average Bonchev–Trinajstić information content (AvgIpc) is 3.61. The van der Waals surface area contributed by atoms with Crippen LogP contribution in [-0.2, 0) is 34.2 Å². The molecular weight excluding hydrogens is 695 g/mol. The van der Waals surface area contributed by atoms with Gasteiger partial charge in [-0.3, -0.25) is 4.98 Å². The number of methoxy groups -OCH3 is 2. The number of esters is 2. The number of nitrogens with one attached hydrogen (secondary N) is 1. The van der Waals surface area contributed by atoms with Gasteiger partial charge in [0, 0.05) is 25.2 Å². The highest BCUT2D eigenvalue weighted by molar-refractivity contribution is 5.97. The van der Waals surface area contributed by atoms with Gasteiger partial charge >= 0.3 is 18.0 Å². The fourth-order valence-corrected chi connectivity index (χ4v) is 6.24. The van der Waals surface area contributed by atoms with E-state index in [0.29, 0.717) is 71.0 Å². The second-order valence-corrected chi connectivity index (χ2v) is 15.2. The zero-order valence-electron chi connectivity index (χ0n) is 32.6. The van der Waals surface area contributed by atoms with Crippen molar-refractivity contribution >= 4 is 40.1 Å². The van der Waals surface area contributed by atoms with Crippen molar-refractivity contribution in [3.8, 4) is 17.3 Å². The number of imidazole rings is 1. The van der Waals surface area contributed by atoms with Gasteiger partial charge in [-0.1, -0.05) is 6.42 Å². The summed E-state index contributed by atoms with van der Waals surface area (Å²) in [4.78, 5) is 52.2. The molecule has 0 fully saturated rings. The van der Waals surface area contributed by atoms with Crippen molar-refractivity contribution in [3.05, 3.63) is 70.9 Å². The maximum absolute atomic E-state index is 14.8. The summed E-state index contributed by atoms with van der Waals surface area (Å²) in [5.74, 6) is -0.810. The van der Waals surface area contributed by atoms with E-state index in [1.807, 2.05) is 36.7 Å². The Hall–Kier alpha value is -5.53. The molecule has 5 aromatic rings. The summed E-state index contributed by atoms with van der Waals surface area (Å²) < 4.78 is 40.4. The Morgan fingerprint density at radius 3 is 2.30 bits per heavy atom. The summed E-state index contributed by atoms with van der Waals surface area (Å²) in [5, 5.41) is 3.73. The van der Waals surface area contributed by atoms with Crippen molar-refractivity contribution in [1.29, 1.82) is 0 Å². The summed E-state index contributed by atoms with van der Waals surface area (Å²) in [6.45, 7) is 13.0. The van der Waals surface area contributed by atoms with Crippen molar-refractivity contribution in [2.75, 3.05) is 14.2 Å². The molecule has 1 amide bonds. The lowest BCUT2D eigenvalue weighted by atomic mass is 10.1. The van der Waals surface area contributed by atoms with Crippen LogP contribution in [0.25, 0.3) is 33.6 Å². The van der Waals surface area contributed by atoms with Crippen molar-refractivity contribution < 1.29 is 37.7 Å². The molecule has 1 aromatic carbocycles. The lowest BCUT2D eigenvalue weighted by molar-refractivity contribution is 0.00621. The number of carbonyl (C=O) groups is 3. The fraction of sp³-hybridized carbons (Fsp3) is 0.450. The first-order valence-corrected chi connectivity index (χ1v) is 17.9. The quantitative estimate of drug-likeness (QED) is 0.0760. The third-order valence-corrected chi connectivity index (χ3v) is 8.62. The van der Waals surface area contributed by atoms with Gasteiger partial charge in [0.05, 0.1) is 48.4 Å². The third-order valence-electron chi connectivity index (χ3n) is 8.62. The van der Waals surface area contributed by atoms with Gasteiger partial charge < -0.3 is 33.4 Å². The van der Waals surface area contributed by atoms with E-state index < -0.39 is 41.1 Å². The molecule has 0 aliphatic rings. The number of aryl methyl sites for hydroxylation is 3. The molecule has 14 heteroatoms. The molecule has 13 nitrogen and oxygen atoms in total. The van der Waals surface area contributed by atoms with Crippen LogP contribution in [0.15, 0.2) is 42.6 Å². The summed E-state index contributed by atoms with van der Waals surface area (Å²) in [5.41, 5.74) is 2.46. The van der Waals surface area contributed by atoms with Crippen LogP contribution in [0.3, 0.4) is 0 Å². The molecule has 4 heterocycles. The lowest BCUT2D eigenvalue weighted by Crippen LogP contribution is -2.34. The summed E-state index contributed by atoms with van der Waals surface area (Å²) in [7, 11) is 4.74. The van der Waals surface area contributed by atoms with E-state index in [9.17, 15) is 18.8 Å². The highest BCUT2D eigenvalue weighted by Crippen LogP contribution is 2.35. The number of unbranched alkanes of at least 4 members (excludes halogenated alkanes) is 2. The Kier molecular flexibility index (Phi) is 11.6. The second kappa shape index (κ2) is 15.8. The molecule has 0 radical (unpaired) electrons. The SMILES string of the molecule is COC(=O)c1cc(OC)c2c(c1)nc(-c1cc3ccc([C@@H](C)NC(=O)OC(C)(C)C)nc3n1CCCCCc1nccc(F)c1C(=O)OC(C)(C)C)n2C. The maximum atomic E-state index is 14.8. The van der Waals surface area contributed by atoms with Crippen LogP contribution in [0.2, 0.25) is 0 Å². The van der Waals surface area contributed by atoms with E-state index in [-0.39, 0.29) is 5.56 Å². The predicted octanol–water partition coefficient (Wildman–Crippen LogP) is 7.87. The molecule has 0 saturated heterocycles. The predicted molar refractivity (Wildman–Crippen MR) is 202 cm³/mol. The number of ether oxygens (including phenoxy) is 4. The van der Waals surface area contributed by atoms with Gasteiger partial charge in [-0.15, -0.1) is 0 Å². The van der Waals surface area contributed by atoms with E-state index >= 15 is 0 Å². The van der Waals surface area contributed by atoms with Crippen molar-refractivity contribution in [3.63, 3.8) is 0 Å². The molecule has 0 spiro atoms. The van der Waals surface area contributed by atoms with E-state index in [1.165, 1.54) is 26.5 Å². The van der Waals surface area contributed by atoms with Gasteiger partial charge in [-0.2, -0.15) is 0 Å². The number of halogens is 1. The number of alkyl carbamates (subject to hydrolysis) is 1. The Bertz CT molecular complexity index is 2190. The van der Waals surface area contributed by atoms with Crippen LogP contribution in [0.5, 0.6) is 5.75 Å². The first-order chi connectivity index (χ1) is 25.4. The zero-order chi connectivity index (χ0) is 39.5. The molecule has 0 saturated carbocycles. The second-order valence-electron chi connectivity index (χ2n) is 15.2.